The smallest absolute Gasteiger partial charge is 0.269 e. The zero-order valence-electron chi connectivity index (χ0n) is 18.3. The van der Waals surface area contributed by atoms with Gasteiger partial charge in [-0.3, -0.25) is 14.9 Å². The lowest BCUT2D eigenvalue weighted by Crippen LogP contribution is -2.32. The Morgan fingerprint density at radius 2 is 2.06 bits per heavy atom. The van der Waals surface area contributed by atoms with E-state index in [1.807, 2.05) is 13.0 Å². The minimum Gasteiger partial charge on any atom is -0.490 e. The second-order valence-electron chi connectivity index (χ2n) is 7.37. The summed E-state index contributed by atoms with van der Waals surface area (Å²) in [5.41, 5.74) is 1.37. The van der Waals surface area contributed by atoms with Gasteiger partial charge in [-0.1, -0.05) is 6.07 Å². The minimum absolute atomic E-state index is 0.00867. The van der Waals surface area contributed by atoms with Crippen molar-refractivity contribution in [3.63, 3.8) is 0 Å². The molecule has 1 aliphatic heterocycles. The Hall–Kier alpha value is -3.90. The van der Waals surface area contributed by atoms with Gasteiger partial charge in [-0.2, -0.15) is 5.26 Å². The molecular formula is C24H25N3O6. The van der Waals surface area contributed by atoms with Crippen molar-refractivity contribution in [3.8, 4) is 17.6 Å². The van der Waals surface area contributed by atoms with Crippen LogP contribution in [0.1, 0.15) is 30.9 Å². The Morgan fingerprint density at radius 1 is 1.27 bits per heavy atom. The molecule has 0 radical (unpaired) electrons. The predicted molar refractivity (Wildman–Crippen MR) is 121 cm³/mol. The van der Waals surface area contributed by atoms with Gasteiger partial charge in [0.05, 0.1) is 17.6 Å². The van der Waals surface area contributed by atoms with E-state index in [2.05, 4.69) is 5.32 Å². The lowest BCUT2D eigenvalue weighted by molar-refractivity contribution is -0.384. The molecule has 0 aromatic heterocycles. The second-order valence-corrected chi connectivity index (χ2v) is 7.37. The fraction of sp³-hybridized carbons (Fsp3) is 0.333. The van der Waals surface area contributed by atoms with Crippen molar-refractivity contribution in [3.05, 3.63) is 69.3 Å². The number of ether oxygens (including phenoxy) is 3. The largest absolute Gasteiger partial charge is 0.490 e. The number of amides is 1. The minimum atomic E-state index is -0.456. The summed E-state index contributed by atoms with van der Waals surface area (Å²) >= 11 is 0. The average molecular weight is 451 g/mol. The molecule has 1 saturated heterocycles. The van der Waals surface area contributed by atoms with Gasteiger partial charge in [0.1, 0.15) is 18.2 Å². The number of benzene rings is 2. The van der Waals surface area contributed by atoms with Crippen LogP contribution < -0.4 is 14.8 Å². The van der Waals surface area contributed by atoms with Crippen molar-refractivity contribution in [2.75, 3.05) is 19.8 Å². The molecule has 2 aromatic carbocycles. The first-order chi connectivity index (χ1) is 16.0. The van der Waals surface area contributed by atoms with Crippen LogP contribution in [0.3, 0.4) is 0 Å². The van der Waals surface area contributed by atoms with Gasteiger partial charge < -0.3 is 19.5 Å². The maximum absolute atomic E-state index is 12.4. The number of nitriles is 1. The van der Waals surface area contributed by atoms with Gasteiger partial charge in [0.2, 0.25) is 0 Å². The van der Waals surface area contributed by atoms with E-state index in [0.29, 0.717) is 36.8 Å². The quantitative estimate of drug-likeness (QED) is 0.252. The number of carbonyl (C=O) groups is 1. The zero-order valence-corrected chi connectivity index (χ0v) is 18.3. The van der Waals surface area contributed by atoms with Crippen LogP contribution in [0.2, 0.25) is 0 Å². The molecule has 1 unspecified atom stereocenters. The van der Waals surface area contributed by atoms with Gasteiger partial charge in [0, 0.05) is 25.3 Å². The van der Waals surface area contributed by atoms with Crippen LogP contribution in [-0.2, 0) is 16.1 Å². The van der Waals surface area contributed by atoms with Crippen molar-refractivity contribution in [2.45, 2.75) is 32.5 Å². The standard InChI is InChI=1S/C24H25N3O6/c1-2-31-23-13-18(12-19(14-25)24(28)26-15-21-4-3-11-32-21)7-10-22(23)33-16-17-5-8-20(9-6-17)27(29)30/h5-10,12-13,21H,2-4,11,15-16H2,1H3,(H,26,28)/b19-12+. The maximum Gasteiger partial charge on any atom is 0.269 e. The summed E-state index contributed by atoms with van der Waals surface area (Å²) < 4.78 is 17.0. The second kappa shape index (κ2) is 11.6. The summed E-state index contributed by atoms with van der Waals surface area (Å²) in [6, 6.07) is 13.1. The summed E-state index contributed by atoms with van der Waals surface area (Å²) in [6.07, 6.45) is 3.35. The number of nitrogens with zero attached hydrogens (tertiary/aromatic N) is 2. The fourth-order valence-electron chi connectivity index (χ4n) is 3.30. The highest BCUT2D eigenvalue weighted by atomic mass is 16.6. The third kappa shape index (κ3) is 6.79. The van der Waals surface area contributed by atoms with Gasteiger partial charge >= 0.3 is 0 Å². The molecular weight excluding hydrogens is 426 g/mol. The first-order valence-corrected chi connectivity index (χ1v) is 10.6. The molecule has 0 spiro atoms. The van der Waals surface area contributed by atoms with Crippen LogP contribution >= 0.6 is 0 Å². The van der Waals surface area contributed by atoms with Gasteiger partial charge in [0.25, 0.3) is 11.6 Å². The number of non-ortho nitro benzene ring substituents is 1. The summed E-state index contributed by atoms with van der Waals surface area (Å²) in [5, 5.41) is 23.0. The SMILES string of the molecule is CCOc1cc(/C=C(\C#N)C(=O)NCC2CCCO2)ccc1OCc1ccc([N+](=O)[O-])cc1. The Morgan fingerprint density at radius 3 is 2.70 bits per heavy atom. The number of nitro groups is 1. The van der Waals surface area contributed by atoms with Crippen LogP contribution in [0, 0.1) is 21.4 Å². The molecule has 2 aromatic rings. The maximum atomic E-state index is 12.4. The Balaban J connectivity index is 1.68. The van der Waals surface area contributed by atoms with Gasteiger partial charge in [0.15, 0.2) is 11.5 Å². The van der Waals surface area contributed by atoms with E-state index in [4.69, 9.17) is 14.2 Å². The summed E-state index contributed by atoms with van der Waals surface area (Å²) in [7, 11) is 0. The number of hydrogen-bond acceptors (Lipinski definition) is 7. The molecule has 1 atom stereocenters. The molecule has 9 nitrogen and oxygen atoms in total. The highest BCUT2D eigenvalue weighted by Gasteiger charge is 2.18. The van der Waals surface area contributed by atoms with E-state index in [0.717, 1.165) is 18.4 Å². The topological polar surface area (TPSA) is 124 Å². The molecule has 1 aliphatic rings. The van der Waals surface area contributed by atoms with E-state index in [1.54, 1.807) is 30.3 Å². The van der Waals surface area contributed by atoms with Crippen LogP contribution in [-0.4, -0.2) is 36.7 Å². The van der Waals surface area contributed by atoms with Crippen molar-refractivity contribution in [1.82, 2.24) is 5.32 Å². The molecule has 1 amide bonds. The Bertz CT molecular complexity index is 1050. The number of carbonyl (C=O) groups excluding carboxylic acids is 1. The third-order valence-electron chi connectivity index (χ3n) is 5.00. The first-order valence-electron chi connectivity index (χ1n) is 10.6. The van der Waals surface area contributed by atoms with Gasteiger partial charge in [-0.05, 0) is 61.2 Å². The highest BCUT2D eigenvalue weighted by molar-refractivity contribution is 6.01. The van der Waals surface area contributed by atoms with E-state index in [1.165, 1.54) is 18.2 Å². The molecule has 0 aliphatic carbocycles. The zero-order chi connectivity index (χ0) is 23.6. The molecule has 1 heterocycles. The normalized spacial score (nSPS) is 15.5. The Kier molecular flexibility index (Phi) is 8.38. The molecule has 0 bridgehead atoms. The van der Waals surface area contributed by atoms with Crippen molar-refractivity contribution in [2.24, 2.45) is 0 Å². The number of nitro benzene ring substituents is 1. The van der Waals surface area contributed by atoms with E-state index in [9.17, 15) is 20.2 Å². The van der Waals surface area contributed by atoms with Crippen LogP contribution in [0.4, 0.5) is 5.69 Å². The molecule has 1 N–H and O–H groups in total. The van der Waals surface area contributed by atoms with Gasteiger partial charge in [-0.15, -0.1) is 0 Å². The van der Waals surface area contributed by atoms with Crippen molar-refractivity contribution in [1.29, 1.82) is 5.26 Å². The number of rotatable bonds is 10. The fourth-order valence-corrected chi connectivity index (χ4v) is 3.30. The summed E-state index contributed by atoms with van der Waals surface area (Å²) in [6.45, 7) is 3.50. The lowest BCUT2D eigenvalue weighted by atomic mass is 10.1. The monoisotopic (exact) mass is 451 g/mol. The third-order valence-corrected chi connectivity index (χ3v) is 5.00. The van der Waals surface area contributed by atoms with Crippen LogP contribution in [0.25, 0.3) is 6.08 Å². The van der Waals surface area contributed by atoms with E-state index < -0.39 is 10.8 Å². The average Bonchev–Trinajstić information content (AvgIpc) is 3.34. The Labute approximate surface area is 191 Å². The van der Waals surface area contributed by atoms with E-state index >= 15 is 0 Å². The van der Waals surface area contributed by atoms with Crippen LogP contribution in [0.15, 0.2) is 48.0 Å². The predicted octanol–water partition coefficient (Wildman–Crippen LogP) is 3.77. The molecule has 33 heavy (non-hydrogen) atoms. The lowest BCUT2D eigenvalue weighted by Gasteiger charge is -2.13. The first kappa shape index (κ1) is 23.8. The summed E-state index contributed by atoms with van der Waals surface area (Å²) in [5.74, 6) is 0.489. The van der Waals surface area contributed by atoms with E-state index in [-0.39, 0.29) is 24.0 Å². The molecule has 0 saturated carbocycles. The van der Waals surface area contributed by atoms with Crippen LogP contribution in [0.5, 0.6) is 11.5 Å². The van der Waals surface area contributed by atoms with Crippen molar-refractivity contribution >= 4 is 17.7 Å². The van der Waals surface area contributed by atoms with Gasteiger partial charge in [-0.25, -0.2) is 0 Å². The number of hydrogen-bond donors (Lipinski definition) is 1. The highest BCUT2D eigenvalue weighted by Crippen LogP contribution is 2.30. The number of nitrogens with one attached hydrogen (secondary N) is 1. The molecule has 3 rings (SSSR count). The molecule has 172 valence electrons. The summed E-state index contributed by atoms with van der Waals surface area (Å²) in [4.78, 5) is 22.7. The van der Waals surface area contributed by atoms with Crippen molar-refractivity contribution < 1.29 is 23.9 Å². The molecule has 1 fully saturated rings. The molecule has 9 heteroatoms.